The Morgan fingerprint density at radius 1 is 1.36 bits per heavy atom. The van der Waals surface area contributed by atoms with Gasteiger partial charge < -0.3 is 10.4 Å². The van der Waals surface area contributed by atoms with E-state index in [4.69, 9.17) is 8.22 Å². The SMILES string of the molecule is [2H]C(F)(F)c1cc2cnc(NC3([2H])C([2H])([2H])CN(S(C)(=O)=O)CC3([2H])[2H])nc2n([C@H]2C[C@H](O)CC[C@@H]2F)c1=O. The van der Waals surface area contributed by atoms with E-state index in [1.165, 1.54) is 0 Å². The zero-order chi connectivity index (χ0) is 29.3. The van der Waals surface area contributed by atoms with Crippen LogP contribution in [0.3, 0.4) is 0 Å². The van der Waals surface area contributed by atoms with Crippen molar-refractivity contribution in [2.45, 2.75) is 62.7 Å². The molecule has 182 valence electrons. The van der Waals surface area contributed by atoms with Crippen LogP contribution in [0.2, 0.25) is 0 Å². The van der Waals surface area contributed by atoms with Gasteiger partial charge in [0.05, 0.1) is 25.3 Å². The number of piperidine rings is 1. The number of nitrogens with zero attached hydrogens (tertiary/aromatic N) is 4. The monoisotopic (exact) mass is 495 g/mol. The number of anilines is 1. The first-order valence-electron chi connectivity index (χ1n) is 13.0. The third kappa shape index (κ3) is 4.99. The molecule has 2 fully saturated rings. The highest BCUT2D eigenvalue weighted by Gasteiger charge is 2.34. The largest absolute Gasteiger partial charge is 0.393 e. The number of rotatable bonds is 5. The Morgan fingerprint density at radius 2 is 2.06 bits per heavy atom. The number of alkyl halides is 3. The third-order valence-electron chi connectivity index (χ3n) is 5.59. The number of fused-ring (bicyclic) bond motifs is 1. The van der Waals surface area contributed by atoms with Gasteiger partial charge in [0, 0.05) is 36.2 Å². The van der Waals surface area contributed by atoms with Crippen LogP contribution in [0.15, 0.2) is 17.1 Å². The van der Waals surface area contributed by atoms with Gasteiger partial charge in [-0.15, -0.1) is 0 Å². The molecule has 0 aromatic carbocycles. The quantitative estimate of drug-likeness (QED) is 0.651. The Bertz CT molecular complexity index is 1440. The van der Waals surface area contributed by atoms with E-state index in [1.807, 2.05) is 0 Å². The normalized spacial score (nSPS) is 32.6. The summed E-state index contributed by atoms with van der Waals surface area (Å²) in [7, 11) is -4.03. The molecule has 2 aliphatic rings. The van der Waals surface area contributed by atoms with Crippen molar-refractivity contribution < 1.29 is 34.9 Å². The molecule has 1 aliphatic carbocycles. The second-order valence-corrected chi connectivity index (χ2v) is 9.88. The van der Waals surface area contributed by atoms with Crippen LogP contribution in [-0.2, 0) is 10.0 Å². The van der Waals surface area contributed by atoms with E-state index < -0.39 is 89.3 Å². The maximum atomic E-state index is 15.0. The van der Waals surface area contributed by atoms with E-state index in [-0.39, 0.29) is 24.6 Å². The standard InChI is InChI=1S/C20H26F3N5O4S/c1-33(31,32)27-6-4-12(5-7-27)25-20-24-10-11-8-14(17(22)23)19(30)28(18(11)26-20)16-9-13(29)2-3-15(16)21/h8,10,12-13,15-17,29H,2-7,9H2,1H3,(H,24,25,26)/t13-,15+,16+/m1/s1/i4D2,5D2,12D,17D. The molecule has 9 nitrogen and oxygen atoms in total. The first kappa shape index (κ1) is 17.2. The molecule has 0 amide bonds. The van der Waals surface area contributed by atoms with Crippen LogP contribution in [0.5, 0.6) is 0 Å². The van der Waals surface area contributed by atoms with Crippen LogP contribution in [-0.4, -0.2) is 70.0 Å². The van der Waals surface area contributed by atoms with Crippen molar-refractivity contribution in [1.82, 2.24) is 18.8 Å². The molecule has 13 heteroatoms. The fourth-order valence-corrected chi connectivity index (χ4v) is 4.46. The lowest BCUT2D eigenvalue weighted by Crippen LogP contribution is -2.42. The lowest BCUT2D eigenvalue weighted by atomic mass is 9.90. The summed E-state index contributed by atoms with van der Waals surface area (Å²) in [4.78, 5) is 21.0. The van der Waals surface area contributed by atoms with Gasteiger partial charge in [-0.25, -0.2) is 30.9 Å². The molecule has 33 heavy (non-hydrogen) atoms. The van der Waals surface area contributed by atoms with Crippen LogP contribution < -0.4 is 10.9 Å². The topological polar surface area (TPSA) is 117 Å². The van der Waals surface area contributed by atoms with Gasteiger partial charge in [0.25, 0.3) is 12.0 Å². The summed E-state index contributed by atoms with van der Waals surface area (Å²) in [6.07, 6.45) is -11.7. The van der Waals surface area contributed by atoms with Gasteiger partial charge in [0.1, 0.15) is 13.2 Å². The van der Waals surface area contributed by atoms with Crippen molar-refractivity contribution in [3.05, 3.63) is 28.2 Å². The van der Waals surface area contributed by atoms with Crippen LogP contribution in [0, 0.1) is 0 Å². The number of aromatic nitrogens is 3. The van der Waals surface area contributed by atoms with E-state index in [1.54, 1.807) is 0 Å². The highest BCUT2D eigenvalue weighted by Crippen LogP contribution is 2.33. The van der Waals surface area contributed by atoms with Crippen molar-refractivity contribution >= 4 is 27.0 Å². The summed E-state index contributed by atoms with van der Waals surface area (Å²) < 4.78 is 117. The molecule has 2 aromatic rings. The summed E-state index contributed by atoms with van der Waals surface area (Å²) >= 11 is 0. The maximum Gasteiger partial charge on any atom is 0.269 e. The molecular weight excluding hydrogens is 463 g/mol. The molecule has 1 aliphatic heterocycles. The maximum absolute atomic E-state index is 15.0. The van der Waals surface area contributed by atoms with Crippen LogP contribution in [0.25, 0.3) is 11.0 Å². The summed E-state index contributed by atoms with van der Waals surface area (Å²) in [5, 5.41) is 12.1. The van der Waals surface area contributed by atoms with Gasteiger partial charge in [-0.3, -0.25) is 9.36 Å². The van der Waals surface area contributed by atoms with Gasteiger partial charge in [-0.05, 0) is 38.1 Å². The predicted octanol–water partition coefficient (Wildman–Crippen LogP) is 1.99. The molecule has 1 saturated carbocycles. The number of pyridine rings is 1. The first-order valence-corrected chi connectivity index (χ1v) is 11.9. The van der Waals surface area contributed by atoms with Crippen LogP contribution >= 0.6 is 0 Å². The minimum Gasteiger partial charge on any atom is -0.393 e. The minimum atomic E-state index is -4.37. The van der Waals surface area contributed by atoms with Crippen molar-refractivity contribution in [2.24, 2.45) is 0 Å². The number of aliphatic hydroxyl groups is 1. The van der Waals surface area contributed by atoms with E-state index in [0.717, 1.165) is 12.5 Å². The molecule has 3 atom stereocenters. The van der Waals surface area contributed by atoms with Gasteiger partial charge in [0.2, 0.25) is 16.0 Å². The average molecular weight is 496 g/mol. The van der Waals surface area contributed by atoms with E-state index in [0.29, 0.717) is 14.9 Å². The predicted molar refractivity (Wildman–Crippen MR) is 116 cm³/mol. The number of sulfonamides is 1. The van der Waals surface area contributed by atoms with Crippen molar-refractivity contribution in [3.8, 4) is 0 Å². The van der Waals surface area contributed by atoms with Crippen molar-refractivity contribution in [3.63, 3.8) is 0 Å². The fraction of sp³-hybridized carbons (Fsp3) is 0.650. The second kappa shape index (κ2) is 9.18. The Kier molecular flexibility index (Phi) is 4.79. The van der Waals surface area contributed by atoms with Crippen LogP contribution in [0.1, 0.15) is 58.2 Å². The molecule has 4 rings (SSSR count). The second-order valence-electron chi connectivity index (χ2n) is 7.90. The smallest absolute Gasteiger partial charge is 0.269 e. The number of halogens is 3. The molecule has 2 N–H and O–H groups in total. The number of hydrogen-bond donors (Lipinski definition) is 2. The molecule has 0 spiro atoms. The summed E-state index contributed by atoms with van der Waals surface area (Å²) in [5.74, 6) is -0.622. The van der Waals surface area contributed by atoms with E-state index in [9.17, 15) is 31.5 Å². The minimum absolute atomic E-state index is 0.0659. The zero-order valence-electron chi connectivity index (χ0n) is 23.4. The Labute approximate surface area is 197 Å². The van der Waals surface area contributed by atoms with Crippen molar-refractivity contribution in [1.29, 1.82) is 0 Å². The van der Waals surface area contributed by atoms with Gasteiger partial charge in [-0.1, -0.05) is 0 Å². The summed E-state index contributed by atoms with van der Waals surface area (Å²) in [6, 6.07) is -3.68. The summed E-state index contributed by atoms with van der Waals surface area (Å²) in [6.45, 7) is -1.77. The lowest BCUT2D eigenvalue weighted by Gasteiger charge is -2.32. The van der Waals surface area contributed by atoms with Gasteiger partial charge in [0.15, 0.2) is 0 Å². The lowest BCUT2D eigenvalue weighted by molar-refractivity contribution is 0.0549. The van der Waals surface area contributed by atoms with Crippen LogP contribution in [0.4, 0.5) is 19.1 Å². The van der Waals surface area contributed by atoms with Gasteiger partial charge in [-0.2, -0.15) is 4.98 Å². The summed E-state index contributed by atoms with van der Waals surface area (Å²) in [5.41, 5.74) is -3.16. The zero-order valence-corrected chi connectivity index (χ0v) is 18.2. The average Bonchev–Trinajstić information content (AvgIpc) is 2.77. The molecule has 0 bridgehead atoms. The number of nitrogens with one attached hydrogen (secondary N) is 1. The fourth-order valence-electron chi connectivity index (χ4n) is 3.87. The third-order valence-corrected chi connectivity index (χ3v) is 6.78. The molecule has 0 unspecified atom stereocenters. The van der Waals surface area contributed by atoms with Gasteiger partial charge >= 0.3 is 0 Å². The highest BCUT2D eigenvalue weighted by atomic mass is 32.2. The number of aliphatic hydroxyl groups excluding tert-OH is 1. The molecule has 1 saturated heterocycles. The molecular formula is C20H26F3N5O4S. The highest BCUT2D eigenvalue weighted by molar-refractivity contribution is 7.88. The number of hydrogen-bond acceptors (Lipinski definition) is 7. The van der Waals surface area contributed by atoms with Crippen molar-refractivity contribution in [2.75, 3.05) is 24.7 Å². The van der Waals surface area contributed by atoms with E-state index in [2.05, 4.69) is 15.3 Å². The Hall–Kier alpha value is -2.25. The Morgan fingerprint density at radius 3 is 2.70 bits per heavy atom. The first-order chi connectivity index (χ1) is 17.7. The molecule has 2 aromatic heterocycles. The Balaban J connectivity index is 1.87. The molecule has 0 radical (unpaired) electrons. The van der Waals surface area contributed by atoms with E-state index >= 15 is 0 Å². The molecule has 3 heterocycles.